The highest BCUT2D eigenvalue weighted by atomic mass is 16.6. The number of hydrogen-bond donors (Lipinski definition) is 0. The van der Waals surface area contributed by atoms with Crippen molar-refractivity contribution < 1.29 is 19.1 Å². The van der Waals surface area contributed by atoms with Crippen molar-refractivity contribution in [3.63, 3.8) is 0 Å². The molecule has 0 radical (unpaired) electrons. The normalized spacial score (nSPS) is 10.7. The molecule has 0 atom stereocenters. The molecule has 4 heteroatoms. The van der Waals surface area contributed by atoms with E-state index in [-0.39, 0.29) is 24.8 Å². The molecule has 0 spiro atoms. The van der Waals surface area contributed by atoms with Crippen molar-refractivity contribution in [3.05, 3.63) is 23.8 Å². The first kappa shape index (κ1) is 24.2. The maximum atomic E-state index is 11.7. The van der Waals surface area contributed by atoms with Crippen molar-refractivity contribution in [1.29, 1.82) is 0 Å². The van der Waals surface area contributed by atoms with Gasteiger partial charge in [-0.2, -0.15) is 0 Å². The summed E-state index contributed by atoms with van der Waals surface area (Å²) in [6, 6.07) is 5.52. The number of carbonyl (C=O) groups is 2. The first-order valence-electron chi connectivity index (χ1n) is 11.1. The molecule has 0 aromatic heterocycles. The molecule has 1 aromatic rings. The lowest BCUT2D eigenvalue weighted by atomic mass is 10.0. The van der Waals surface area contributed by atoms with Gasteiger partial charge in [-0.15, -0.1) is 0 Å². The van der Waals surface area contributed by atoms with Gasteiger partial charge in [0, 0.05) is 12.8 Å². The fraction of sp³-hybridized carbons (Fsp3) is 0.667. The smallest absolute Gasteiger partial charge is 0.311 e. The number of rotatable bonds is 15. The Balaban J connectivity index is 2.41. The lowest BCUT2D eigenvalue weighted by Crippen LogP contribution is -2.10. The van der Waals surface area contributed by atoms with Crippen LogP contribution in [0.2, 0.25) is 0 Å². The van der Waals surface area contributed by atoms with Crippen molar-refractivity contribution in [3.8, 4) is 11.5 Å². The molecular formula is C24H38O4. The number of aryl methyl sites for hydroxylation is 1. The van der Waals surface area contributed by atoms with E-state index in [0.717, 1.165) is 18.4 Å². The molecule has 1 rings (SSSR count). The molecule has 0 aliphatic rings. The third-order valence-corrected chi connectivity index (χ3v) is 4.85. The topological polar surface area (TPSA) is 52.6 Å². The second kappa shape index (κ2) is 15.1. The van der Waals surface area contributed by atoms with E-state index in [1.165, 1.54) is 57.8 Å². The van der Waals surface area contributed by atoms with Gasteiger partial charge in [0.25, 0.3) is 0 Å². The number of hydrogen-bond acceptors (Lipinski definition) is 4. The number of esters is 2. The Morgan fingerprint density at radius 3 is 1.71 bits per heavy atom. The van der Waals surface area contributed by atoms with Gasteiger partial charge in [-0.25, -0.2) is 0 Å². The van der Waals surface area contributed by atoms with E-state index in [1.807, 2.05) is 12.1 Å². The number of unbranched alkanes of at least 4 members (excludes halogenated alkanes) is 9. The van der Waals surface area contributed by atoms with Gasteiger partial charge in [0.1, 0.15) is 0 Å². The molecule has 1 aromatic carbocycles. The van der Waals surface area contributed by atoms with Crippen molar-refractivity contribution in [2.24, 2.45) is 0 Å². The highest BCUT2D eigenvalue weighted by Crippen LogP contribution is 2.30. The summed E-state index contributed by atoms with van der Waals surface area (Å²) in [5, 5.41) is 0. The highest BCUT2D eigenvalue weighted by Gasteiger charge is 2.13. The summed E-state index contributed by atoms with van der Waals surface area (Å²) in [7, 11) is 0. The first-order chi connectivity index (χ1) is 13.6. The Labute approximate surface area is 171 Å². The summed E-state index contributed by atoms with van der Waals surface area (Å²) in [5.41, 5.74) is 1.11. The maximum absolute atomic E-state index is 11.7. The Morgan fingerprint density at radius 2 is 1.18 bits per heavy atom. The lowest BCUT2D eigenvalue weighted by Gasteiger charge is -2.11. The van der Waals surface area contributed by atoms with E-state index in [4.69, 9.17) is 9.47 Å². The third kappa shape index (κ3) is 10.5. The first-order valence-corrected chi connectivity index (χ1v) is 11.1. The van der Waals surface area contributed by atoms with Crippen LogP contribution in [0.15, 0.2) is 18.2 Å². The predicted octanol–water partition coefficient (Wildman–Crippen LogP) is 6.78. The predicted molar refractivity (Wildman–Crippen MR) is 114 cm³/mol. The third-order valence-electron chi connectivity index (χ3n) is 4.85. The van der Waals surface area contributed by atoms with Crippen LogP contribution in [-0.2, 0) is 16.0 Å². The molecule has 0 aliphatic carbocycles. The van der Waals surface area contributed by atoms with Gasteiger partial charge in [0.15, 0.2) is 11.5 Å². The Morgan fingerprint density at radius 1 is 0.679 bits per heavy atom. The van der Waals surface area contributed by atoms with Crippen LogP contribution >= 0.6 is 0 Å². The van der Waals surface area contributed by atoms with Crippen molar-refractivity contribution in [1.82, 2.24) is 0 Å². The molecule has 0 bridgehead atoms. The quantitative estimate of drug-likeness (QED) is 0.188. The van der Waals surface area contributed by atoms with Gasteiger partial charge in [-0.05, 0) is 30.5 Å². The summed E-state index contributed by atoms with van der Waals surface area (Å²) in [5.74, 6) is -0.000159. The van der Waals surface area contributed by atoms with Gasteiger partial charge in [0.2, 0.25) is 0 Å². The van der Waals surface area contributed by atoms with Gasteiger partial charge < -0.3 is 9.47 Å². The van der Waals surface area contributed by atoms with E-state index >= 15 is 0 Å². The average molecular weight is 391 g/mol. The summed E-state index contributed by atoms with van der Waals surface area (Å²) < 4.78 is 10.6. The molecule has 4 nitrogen and oxygen atoms in total. The molecule has 158 valence electrons. The van der Waals surface area contributed by atoms with Gasteiger partial charge in [-0.3, -0.25) is 9.59 Å². The monoisotopic (exact) mass is 390 g/mol. The van der Waals surface area contributed by atoms with Crippen LogP contribution in [0, 0.1) is 0 Å². The van der Waals surface area contributed by atoms with Crippen LogP contribution < -0.4 is 9.47 Å². The van der Waals surface area contributed by atoms with Crippen molar-refractivity contribution >= 4 is 11.9 Å². The van der Waals surface area contributed by atoms with Crippen LogP contribution in [0.3, 0.4) is 0 Å². The molecule has 0 aliphatic heterocycles. The molecule has 0 N–H and O–H groups in total. The minimum Gasteiger partial charge on any atom is -0.423 e. The zero-order valence-corrected chi connectivity index (χ0v) is 18.1. The second-order valence-electron chi connectivity index (χ2n) is 7.37. The Bertz CT molecular complexity index is 580. The van der Waals surface area contributed by atoms with Crippen LogP contribution in [0.25, 0.3) is 0 Å². The highest BCUT2D eigenvalue weighted by molar-refractivity contribution is 5.76. The largest absolute Gasteiger partial charge is 0.423 e. The molecule has 0 unspecified atom stereocenters. The van der Waals surface area contributed by atoms with E-state index in [1.54, 1.807) is 19.9 Å². The zero-order valence-electron chi connectivity index (χ0n) is 18.1. The van der Waals surface area contributed by atoms with Gasteiger partial charge in [0.05, 0.1) is 0 Å². The Hall–Kier alpha value is -1.84. The second-order valence-corrected chi connectivity index (χ2v) is 7.37. The van der Waals surface area contributed by atoms with E-state index in [0.29, 0.717) is 11.5 Å². The summed E-state index contributed by atoms with van der Waals surface area (Å²) in [6.45, 7) is 5.73. The molecule has 0 fully saturated rings. The van der Waals surface area contributed by atoms with Gasteiger partial charge in [-0.1, -0.05) is 84.6 Å². The summed E-state index contributed by atoms with van der Waals surface area (Å²) in [4.78, 5) is 23.3. The molecular weight excluding hydrogens is 352 g/mol. The molecule has 0 amide bonds. The van der Waals surface area contributed by atoms with E-state index < -0.39 is 0 Å². The van der Waals surface area contributed by atoms with Crippen LogP contribution in [0.4, 0.5) is 0 Å². The summed E-state index contributed by atoms with van der Waals surface area (Å²) in [6.07, 6.45) is 14.6. The molecule has 0 saturated heterocycles. The van der Waals surface area contributed by atoms with Crippen LogP contribution in [-0.4, -0.2) is 11.9 Å². The molecule has 0 heterocycles. The fourth-order valence-electron chi connectivity index (χ4n) is 3.08. The standard InChI is InChI=1S/C24H38O4/c1-4-7-8-9-10-11-12-13-14-15-16-20-17-18-21(27-23(25)5-2)22(19-20)28-24(26)6-3/h17-19H,4-16H2,1-3H3. The fourth-order valence-corrected chi connectivity index (χ4v) is 3.08. The lowest BCUT2D eigenvalue weighted by molar-refractivity contribution is -0.136. The van der Waals surface area contributed by atoms with E-state index in [9.17, 15) is 9.59 Å². The minimum absolute atomic E-state index is 0.279. The van der Waals surface area contributed by atoms with Crippen molar-refractivity contribution in [2.75, 3.05) is 0 Å². The number of ether oxygens (including phenoxy) is 2. The average Bonchev–Trinajstić information content (AvgIpc) is 2.70. The number of carbonyl (C=O) groups excluding carboxylic acids is 2. The Kier molecular flexibility index (Phi) is 13.1. The van der Waals surface area contributed by atoms with Gasteiger partial charge >= 0.3 is 11.9 Å². The van der Waals surface area contributed by atoms with Crippen molar-refractivity contribution in [2.45, 2.75) is 104 Å². The maximum Gasteiger partial charge on any atom is 0.311 e. The molecule has 28 heavy (non-hydrogen) atoms. The SMILES string of the molecule is CCCCCCCCCCCCc1ccc(OC(=O)CC)c(OC(=O)CC)c1. The summed E-state index contributed by atoms with van der Waals surface area (Å²) >= 11 is 0. The molecule has 0 saturated carbocycles. The zero-order chi connectivity index (χ0) is 20.6. The van der Waals surface area contributed by atoms with E-state index in [2.05, 4.69) is 6.92 Å². The van der Waals surface area contributed by atoms with Crippen LogP contribution in [0.1, 0.15) is 103 Å². The minimum atomic E-state index is -0.337. The van der Waals surface area contributed by atoms with Crippen LogP contribution in [0.5, 0.6) is 11.5 Å². The number of benzene rings is 1.